The van der Waals surface area contributed by atoms with Gasteiger partial charge in [-0.2, -0.15) is 0 Å². The molecule has 0 aromatic carbocycles. The third kappa shape index (κ3) is 1.71. The fourth-order valence-electron chi connectivity index (χ4n) is 2.41. The Hall–Kier alpha value is -0.300. The Bertz CT molecular complexity index is 145. The zero-order valence-electron chi connectivity index (χ0n) is 8.05. The van der Waals surface area contributed by atoms with Crippen LogP contribution >= 0.6 is 0 Å². The minimum atomic E-state index is -0.150. The summed E-state index contributed by atoms with van der Waals surface area (Å²) in [5, 5.41) is 9.93. The van der Waals surface area contributed by atoms with E-state index < -0.39 is 0 Å². The number of hydrogen-bond donors (Lipinski definition) is 1. The Labute approximate surface area is 75.5 Å². The van der Waals surface area contributed by atoms with E-state index in [4.69, 9.17) is 0 Å². The van der Waals surface area contributed by atoms with Gasteiger partial charge in [0.25, 0.3) is 0 Å². The van der Waals surface area contributed by atoms with Gasteiger partial charge in [-0.1, -0.05) is 25.8 Å². The quantitative estimate of drug-likeness (QED) is 0.640. The largest absolute Gasteiger partial charge is 0.392 e. The molecule has 0 saturated heterocycles. The summed E-state index contributed by atoms with van der Waals surface area (Å²) in [7, 11) is 0. The van der Waals surface area contributed by atoms with Gasteiger partial charge in [-0.05, 0) is 31.1 Å². The van der Waals surface area contributed by atoms with Crippen molar-refractivity contribution < 1.29 is 5.11 Å². The van der Waals surface area contributed by atoms with Crippen molar-refractivity contribution in [2.45, 2.75) is 51.6 Å². The number of hydrogen-bond acceptors (Lipinski definition) is 1. The van der Waals surface area contributed by atoms with Crippen LogP contribution in [0.25, 0.3) is 0 Å². The fraction of sp³-hybridized carbons (Fsp3) is 0.818. The lowest BCUT2D eigenvalue weighted by molar-refractivity contribution is 0.0278. The van der Waals surface area contributed by atoms with E-state index in [-0.39, 0.29) is 11.5 Å². The monoisotopic (exact) mass is 168 g/mol. The van der Waals surface area contributed by atoms with Crippen LogP contribution in [-0.4, -0.2) is 11.2 Å². The molecule has 0 radical (unpaired) electrons. The van der Waals surface area contributed by atoms with Crippen LogP contribution in [0.2, 0.25) is 0 Å². The predicted molar refractivity (Wildman–Crippen MR) is 52.0 cm³/mol. The second-order valence-corrected chi connectivity index (χ2v) is 3.96. The van der Waals surface area contributed by atoms with Crippen LogP contribution in [0.15, 0.2) is 12.7 Å². The van der Waals surface area contributed by atoms with Gasteiger partial charge in [0, 0.05) is 0 Å². The molecule has 0 aliphatic heterocycles. The van der Waals surface area contributed by atoms with Crippen molar-refractivity contribution in [3.05, 3.63) is 12.7 Å². The van der Waals surface area contributed by atoms with E-state index in [1.165, 1.54) is 25.7 Å². The number of aliphatic hydroxyl groups excluding tert-OH is 1. The van der Waals surface area contributed by atoms with E-state index in [0.29, 0.717) is 0 Å². The molecule has 1 aliphatic rings. The van der Waals surface area contributed by atoms with Gasteiger partial charge in [-0.25, -0.2) is 0 Å². The van der Waals surface area contributed by atoms with Gasteiger partial charge in [0.1, 0.15) is 0 Å². The molecule has 1 unspecified atom stereocenters. The second kappa shape index (κ2) is 4.08. The molecular weight excluding hydrogens is 148 g/mol. The topological polar surface area (TPSA) is 20.2 Å². The summed E-state index contributed by atoms with van der Waals surface area (Å²) >= 11 is 0. The highest BCUT2D eigenvalue weighted by atomic mass is 16.3. The third-order valence-corrected chi connectivity index (χ3v) is 3.40. The van der Waals surface area contributed by atoms with E-state index in [1.54, 1.807) is 0 Å². The molecule has 1 saturated carbocycles. The van der Waals surface area contributed by atoms with Crippen LogP contribution in [0.5, 0.6) is 0 Å². The van der Waals surface area contributed by atoms with E-state index in [2.05, 4.69) is 13.5 Å². The van der Waals surface area contributed by atoms with Crippen molar-refractivity contribution in [1.82, 2.24) is 0 Å². The molecule has 0 bridgehead atoms. The van der Waals surface area contributed by atoms with Gasteiger partial charge >= 0.3 is 0 Å². The van der Waals surface area contributed by atoms with Gasteiger partial charge < -0.3 is 5.11 Å². The highest BCUT2D eigenvalue weighted by molar-refractivity contribution is 4.92. The molecule has 12 heavy (non-hydrogen) atoms. The molecule has 1 N–H and O–H groups in total. The van der Waals surface area contributed by atoms with Crippen molar-refractivity contribution in [1.29, 1.82) is 0 Å². The summed E-state index contributed by atoms with van der Waals surface area (Å²) in [6.45, 7) is 5.87. The first-order chi connectivity index (χ1) is 5.75. The lowest BCUT2D eigenvalue weighted by atomic mass is 9.77. The van der Waals surface area contributed by atoms with Gasteiger partial charge in [0.05, 0.1) is 6.10 Å². The molecule has 1 heteroatoms. The van der Waals surface area contributed by atoms with E-state index in [1.807, 2.05) is 6.08 Å². The van der Waals surface area contributed by atoms with Crippen LogP contribution < -0.4 is 0 Å². The van der Waals surface area contributed by atoms with Crippen molar-refractivity contribution in [2.24, 2.45) is 5.41 Å². The number of aliphatic hydroxyl groups is 1. The Kier molecular flexibility index (Phi) is 3.33. The number of rotatable bonds is 4. The predicted octanol–water partition coefficient (Wildman–Crippen LogP) is 2.89. The molecule has 0 spiro atoms. The van der Waals surface area contributed by atoms with Crippen LogP contribution in [0.1, 0.15) is 45.4 Å². The minimum absolute atomic E-state index is 0.150. The van der Waals surface area contributed by atoms with Crippen molar-refractivity contribution in [3.63, 3.8) is 0 Å². The summed E-state index contributed by atoms with van der Waals surface area (Å²) in [6, 6.07) is 0. The standard InChI is InChI=1S/C11H20O/c1-3-7-10(12)11(4-2)8-5-6-9-11/h3,10,12H,1,4-9H2,2H3. The van der Waals surface area contributed by atoms with Crippen molar-refractivity contribution >= 4 is 0 Å². The fourth-order valence-corrected chi connectivity index (χ4v) is 2.41. The van der Waals surface area contributed by atoms with Gasteiger partial charge in [-0.15, -0.1) is 6.58 Å². The van der Waals surface area contributed by atoms with E-state index >= 15 is 0 Å². The molecule has 0 heterocycles. The Morgan fingerprint density at radius 2 is 2.08 bits per heavy atom. The molecule has 1 fully saturated rings. The molecule has 0 amide bonds. The zero-order valence-corrected chi connectivity index (χ0v) is 8.05. The van der Waals surface area contributed by atoms with Crippen LogP contribution in [0.3, 0.4) is 0 Å². The highest BCUT2D eigenvalue weighted by Crippen LogP contribution is 2.44. The third-order valence-electron chi connectivity index (χ3n) is 3.40. The molecular formula is C11H20O. The first kappa shape index (κ1) is 9.79. The van der Waals surface area contributed by atoms with Gasteiger partial charge in [0.15, 0.2) is 0 Å². The van der Waals surface area contributed by atoms with Gasteiger partial charge in [-0.3, -0.25) is 0 Å². The summed E-state index contributed by atoms with van der Waals surface area (Å²) in [5.41, 5.74) is 0.230. The van der Waals surface area contributed by atoms with Crippen molar-refractivity contribution in [2.75, 3.05) is 0 Å². The van der Waals surface area contributed by atoms with Gasteiger partial charge in [0.2, 0.25) is 0 Å². The second-order valence-electron chi connectivity index (χ2n) is 3.96. The average molecular weight is 168 g/mol. The first-order valence-corrected chi connectivity index (χ1v) is 5.04. The Balaban J connectivity index is 2.58. The molecule has 0 aromatic heterocycles. The molecule has 1 aliphatic carbocycles. The Morgan fingerprint density at radius 3 is 2.50 bits per heavy atom. The van der Waals surface area contributed by atoms with E-state index in [9.17, 15) is 5.11 Å². The van der Waals surface area contributed by atoms with Crippen LogP contribution in [0, 0.1) is 5.41 Å². The summed E-state index contributed by atoms with van der Waals surface area (Å²) in [4.78, 5) is 0. The maximum absolute atomic E-state index is 9.93. The molecule has 70 valence electrons. The average Bonchev–Trinajstić information content (AvgIpc) is 2.54. The SMILES string of the molecule is C=CCC(O)C1(CC)CCCC1. The molecule has 1 rings (SSSR count). The van der Waals surface area contributed by atoms with Crippen molar-refractivity contribution in [3.8, 4) is 0 Å². The van der Waals surface area contributed by atoms with E-state index in [0.717, 1.165) is 12.8 Å². The lowest BCUT2D eigenvalue weighted by Crippen LogP contribution is -2.31. The maximum atomic E-state index is 9.93. The minimum Gasteiger partial charge on any atom is -0.392 e. The molecule has 1 nitrogen and oxygen atoms in total. The smallest absolute Gasteiger partial charge is 0.0630 e. The molecule has 0 aromatic rings. The highest BCUT2D eigenvalue weighted by Gasteiger charge is 2.37. The summed E-state index contributed by atoms with van der Waals surface area (Å²) in [5.74, 6) is 0. The summed E-state index contributed by atoms with van der Waals surface area (Å²) < 4.78 is 0. The first-order valence-electron chi connectivity index (χ1n) is 5.04. The maximum Gasteiger partial charge on any atom is 0.0630 e. The zero-order chi connectivity index (χ0) is 9.03. The Morgan fingerprint density at radius 1 is 1.50 bits per heavy atom. The molecule has 1 atom stereocenters. The summed E-state index contributed by atoms with van der Waals surface area (Å²) in [6.07, 6.45) is 8.56. The van der Waals surface area contributed by atoms with Crippen LogP contribution in [-0.2, 0) is 0 Å². The van der Waals surface area contributed by atoms with Crippen LogP contribution in [0.4, 0.5) is 0 Å². The normalized spacial score (nSPS) is 23.8. The lowest BCUT2D eigenvalue weighted by Gasteiger charge is -2.32.